The highest BCUT2D eigenvalue weighted by atomic mass is 32.2. The summed E-state index contributed by atoms with van der Waals surface area (Å²) in [4.78, 5) is 14.7. The van der Waals surface area contributed by atoms with Crippen molar-refractivity contribution >= 4 is 33.0 Å². The minimum Gasteiger partial charge on any atom is -0.339 e. The highest BCUT2D eigenvalue weighted by Gasteiger charge is 2.24. The number of sulfonamides is 1. The fourth-order valence-electron chi connectivity index (χ4n) is 3.63. The predicted molar refractivity (Wildman–Crippen MR) is 116 cm³/mol. The lowest BCUT2D eigenvalue weighted by atomic mass is 9.89. The Bertz CT molecular complexity index is 1060. The van der Waals surface area contributed by atoms with Crippen LogP contribution in [0.15, 0.2) is 76.3 Å². The molecule has 0 atom stereocenters. The molecule has 1 aliphatic heterocycles. The van der Waals surface area contributed by atoms with Crippen LogP contribution < -0.4 is 4.72 Å². The second-order valence-electron chi connectivity index (χ2n) is 7.09. The topological polar surface area (TPSA) is 66.5 Å². The second-order valence-corrected chi connectivity index (χ2v) is 9.95. The average Bonchev–Trinajstić information content (AvgIpc) is 3.30. The van der Waals surface area contributed by atoms with Gasteiger partial charge < -0.3 is 4.90 Å². The van der Waals surface area contributed by atoms with E-state index in [1.807, 2.05) is 11.0 Å². The Morgan fingerprint density at radius 3 is 2.24 bits per heavy atom. The molecule has 0 aliphatic carbocycles. The van der Waals surface area contributed by atoms with Gasteiger partial charge in [0.1, 0.15) is 4.21 Å². The lowest BCUT2D eigenvalue weighted by Crippen LogP contribution is -2.37. The van der Waals surface area contributed by atoms with Crippen molar-refractivity contribution in [2.24, 2.45) is 0 Å². The highest BCUT2D eigenvalue weighted by Crippen LogP contribution is 2.28. The van der Waals surface area contributed by atoms with E-state index in [4.69, 9.17) is 0 Å². The number of likely N-dealkylation sites (tertiary alicyclic amines) is 1. The first kappa shape index (κ1) is 19.7. The summed E-state index contributed by atoms with van der Waals surface area (Å²) in [5.41, 5.74) is 2.35. The molecule has 150 valence electrons. The van der Waals surface area contributed by atoms with Crippen LogP contribution >= 0.6 is 11.3 Å². The minimum absolute atomic E-state index is 0.0100. The zero-order valence-electron chi connectivity index (χ0n) is 15.8. The maximum absolute atomic E-state index is 12.8. The Morgan fingerprint density at radius 1 is 0.931 bits per heavy atom. The third-order valence-electron chi connectivity index (χ3n) is 5.20. The zero-order chi connectivity index (χ0) is 20.3. The lowest BCUT2D eigenvalue weighted by Gasteiger charge is -2.32. The van der Waals surface area contributed by atoms with Crippen LogP contribution in [0.5, 0.6) is 0 Å². The first-order valence-corrected chi connectivity index (χ1v) is 11.9. The number of hydrogen-bond donors (Lipinski definition) is 1. The fourth-order valence-corrected chi connectivity index (χ4v) is 5.68. The standard InChI is InChI=1S/C22H22N2O3S2/c25-22(24-14-12-18(13-15-24)17-5-2-1-3-6-17)19-8-10-20(11-9-19)23-29(26,27)21-7-4-16-28-21/h1-11,16,18,23H,12-15H2. The number of benzene rings is 2. The average molecular weight is 427 g/mol. The molecular formula is C22H22N2O3S2. The Morgan fingerprint density at radius 2 is 1.62 bits per heavy atom. The first-order chi connectivity index (χ1) is 14.0. The maximum Gasteiger partial charge on any atom is 0.271 e. The molecule has 1 fully saturated rings. The number of thiophene rings is 1. The van der Waals surface area contributed by atoms with Gasteiger partial charge in [-0.25, -0.2) is 8.42 Å². The summed E-state index contributed by atoms with van der Waals surface area (Å²) in [5, 5.41) is 1.72. The van der Waals surface area contributed by atoms with Gasteiger partial charge in [-0.05, 0) is 60.0 Å². The molecule has 0 spiro atoms. The summed E-state index contributed by atoms with van der Waals surface area (Å²) in [6, 6.07) is 20.3. The number of carbonyl (C=O) groups is 1. The molecule has 1 N–H and O–H groups in total. The number of rotatable bonds is 5. The second kappa shape index (κ2) is 8.39. The van der Waals surface area contributed by atoms with E-state index in [0.29, 0.717) is 17.2 Å². The lowest BCUT2D eigenvalue weighted by molar-refractivity contribution is 0.0713. The molecule has 1 saturated heterocycles. The van der Waals surface area contributed by atoms with E-state index in [1.54, 1.807) is 41.8 Å². The summed E-state index contributed by atoms with van der Waals surface area (Å²) in [5.74, 6) is 0.485. The van der Waals surface area contributed by atoms with Gasteiger partial charge in [-0.2, -0.15) is 0 Å². The van der Waals surface area contributed by atoms with Gasteiger partial charge in [0.05, 0.1) is 0 Å². The number of nitrogens with one attached hydrogen (secondary N) is 1. The van der Waals surface area contributed by atoms with Crippen molar-refractivity contribution in [1.82, 2.24) is 4.90 Å². The van der Waals surface area contributed by atoms with Crippen LogP contribution in [0.4, 0.5) is 5.69 Å². The molecule has 0 radical (unpaired) electrons. The van der Waals surface area contributed by atoms with Crippen molar-refractivity contribution in [1.29, 1.82) is 0 Å². The van der Waals surface area contributed by atoms with Crippen LogP contribution in [0.3, 0.4) is 0 Å². The third-order valence-corrected chi connectivity index (χ3v) is 7.98. The molecule has 29 heavy (non-hydrogen) atoms. The quantitative estimate of drug-likeness (QED) is 0.650. The van der Waals surface area contributed by atoms with Crippen molar-refractivity contribution < 1.29 is 13.2 Å². The van der Waals surface area contributed by atoms with Gasteiger partial charge in [0.15, 0.2) is 0 Å². The first-order valence-electron chi connectivity index (χ1n) is 9.53. The Hall–Kier alpha value is -2.64. The molecule has 7 heteroatoms. The van der Waals surface area contributed by atoms with Crippen LogP contribution in [0.1, 0.15) is 34.7 Å². The summed E-state index contributed by atoms with van der Waals surface area (Å²) >= 11 is 1.16. The third kappa shape index (κ3) is 4.52. The monoisotopic (exact) mass is 426 g/mol. The summed E-state index contributed by atoms with van der Waals surface area (Å²) < 4.78 is 27.4. The van der Waals surface area contributed by atoms with Crippen LogP contribution in [0, 0.1) is 0 Å². The molecule has 1 aliphatic rings. The van der Waals surface area contributed by atoms with E-state index in [0.717, 1.165) is 37.3 Å². The number of anilines is 1. The summed E-state index contributed by atoms with van der Waals surface area (Å²) in [6.07, 6.45) is 1.91. The van der Waals surface area contributed by atoms with Gasteiger partial charge >= 0.3 is 0 Å². The zero-order valence-corrected chi connectivity index (χ0v) is 17.5. The van der Waals surface area contributed by atoms with Gasteiger partial charge in [0.25, 0.3) is 15.9 Å². The fraction of sp³-hybridized carbons (Fsp3) is 0.227. The number of piperidine rings is 1. The molecule has 5 nitrogen and oxygen atoms in total. The van der Waals surface area contributed by atoms with Gasteiger partial charge in [0, 0.05) is 24.3 Å². The van der Waals surface area contributed by atoms with Gasteiger partial charge in [-0.3, -0.25) is 9.52 Å². The highest BCUT2D eigenvalue weighted by molar-refractivity contribution is 7.94. The predicted octanol–water partition coefficient (Wildman–Crippen LogP) is 4.57. The summed E-state index contributed by atoms with van der Waals surface area (Å²) in [6.45, 7) is 1.45. The smallest absolute Gasteiger partial charge is 0.271 e. The molecule has 1 aromatic heterocycles. The number of carbonyl (C=O) groups excluding carboxylic acids is 1. The Balaban J connectivity index is 1.37. The molecule has 2 heterocycles. The minimum atomic E-state index is -3.58. The summed E-state index contributed by atoms with van der Waals surface area (Å²) in [7, 11) is -3.58. The van der Waals surface area contributed by atoms with E-state index >= 15 is 0 Å². The van der Waals surface area contributed by atoms with Crippen molar-refractivity contribution in [2.45, 2.75) is 23.0 Å². The Kier molecular flexibility index (Phi) is 5.69. The largest absolute Gasteiger partial charge is 0.339 e. The maximum atomic E-state index is 12.8. The van der Waals surface area contributed by atoms with Crippen LogP contribution in [0.25, 0.3) is 0 Å². The van der Waals surface area contributed by atoms with Crippen molar-refractivity contribution in [3.8, 4) is 0 Å². The van der Waals surface area contributed by atoms with Crippen LogP contribution in [-0.2, 0) is 10.0 Å². The van der Waals surface area contributed by atoms with Crippen molar-refractivity contribution in [3.63, 3.8) is 0 Å². The van der Waals surface area contributed by atoms with E-state index in [9.17, 15) is 13.2 Å². The molecule has 4 rings (SSSR count). The van der Waals surface area contributed by atoms with Crippen molar-refractivity contribution in [3.05, 3.63) is 83.2 Å². The molecule has 0 unspecified atom stereocenters. The molecule has 0 bridgehead atoms. The normalized spacial score (nSPS) is 15.2. The number of amides is 1. The number of nitrogens with zero attached hydrogens (tertiary/aromatic N) is 1. The Labute approximate surface area is 175 Å². The molecule has 3 aromatic rings. The molecule has 0 saturated carbocycles. The van der Waals surface area contributed by atoms with Gasteiger partial charge in [-0.1, -0.05) is 36.4 Å². The van der Waals surface area contributed by atoms with Gasteiger partial charge in [0.2, 0.25) is 0 Å². The van der Waals surface area contributed by atoms with E-state index in [2.05, 4.69) is 29.0 Å². The van der Waals surface area contributed by atoms with Gasteiger partial charge in [-0.15, -0.1) is 11.3 Å². The van der Waals surface area contributed by atoms with E-state index in [-0.39, 0.29) is 10.1 Å². The van der Waals surface area contributed by atoms with Crippen LogP contribution in [0.2, 0.25) is 0 Å². The van der Waals surface area contributed by atoms with Crippen LogP contribution in [-0.4, -0.2) is 32.3 Å². The molecule has 2 aromatic carbocycles. The van der Waals surface area contributed by atoms with Crippen molar-refractivity contribution in [2.75, 3.05) is 17.8 Å². The van der Waals surface area contributed by atoms with E-state index < -0.39 is 10.0 Å². The van der Waals surface area contributed by atoms with E-state index in [1.165, 1.54) is 5.56 Å². The SMILES string of the molecule is O=C(c1ccc(NS(=O)(=O)c2cccs2)cc1)N1CCC(c2ccccc2)CC1. The molecular weight excluding hydrogens is 404 g/mol. The number of hydrogen-bond acceptors (Lipinski definition) is 4. The molecule has 1 amide bonds.